The van der Waals surface area contributed by atoms with Crippen molar-refractivity contribution < 1.29 is 9.59 Å². The number of carbonyl (C=O) groups is 2. The number of thioether (sulfide) groups is 2. The van der Waals surface area contributed by atoms with E-state index in [1.807, 2.05) is 108 Å². The summed E-state index contributed by atoms with van der Waals surface area (Å²) in [4.78, 5) is 30.5. The number of hydrogen-bond donors (Lipinski definition) is 2. The summed E-state index contributed by atoms with van der Waals surface area (Å²) in [6.07, 6.45) is 8.21. The molecule has 2 heterocycles. The van der Waals surface area contributed by atoms with Crippen molar-refractivity contribution in [3.05, 3.63) is 114 Å². The summed E-state index contributed by atoms with van der Waals surface area (Å²) in [7, 11) is 0. The van der Waals surface area contributed by atoms with Crippen molar-refractivity contribution in [3.8, 4) is 17.2 Å². The highest BCUT2D eigenvalue weighted by molar-refractivity contribution is 8.00. The molecule has 2 aliphatic rings. The van der Waals surface area contributed by atoms with Crippen LogP contribution in [0.25, 0.3) is 11.1 Å². The van der Waals surface area contributed by atoms with Gasteiger partial charge < -0.3 is 10.6 Å². The highest BCUT2D eigenvalue weighted by Gasteiger charge is 2.36. The van der Waals surface area contributed by atoms with Crippen molar-refractivity contribution >= 4 is 63.2 Å². The first kappa shape index (κ1) is 27.9. The Morgan fingerprint density at radius 3 is 2.60 bits per heavy atom. The standard InChI is InChI=1S/C33H26N4O2S3/c1-21(31(38)36-32-25(19-34)26(20-40-32)22-10-3-2-4-11-22)41-24-13-9-12-23(18-24)35-33(39)37-27-14-5-7-16-29(27)42-30-17-8-6-15-28(30)37/h2-18,20-21,27,29H,1H3,(H,35,39)(H,36,38). The number of anilines is 3. The summed E-state index contributed by atoms with van der Waals surface area (Å²) in [6.45, 7) is 1.83. The predicted octanol–water partition coefficient (Wildman–Crippen LogP) is 8.41. The van der Waals surface area contributed by atoms with E-state index < -0.39 is 5.25 Å². The Hall–Kier alpha value is -4.23. The number of para-hydroxylation sites is 1. The Balaban J connectivity index is 1.14. The Labute approximate surface area is 257 Å². The lowest BCUT2D eigenvalue weighted by Gasteiger charge is -2.40. The van der Waals surface area contributed by atoms with E-state index >= 15 is 0 Å². The van der Waals surface area contributed by atoms with Gasteiger partial charge in [0.05, 0.1) is 27.8 Å². The largest absolute Gasteiger partial charge is 0.326 e. The summed E-state index contributed by atoms with van der Waals surface area (Å²) >= 11 is 4.50. The molecule has 0 saturated heterocycles. The van der Waals surface area contributed by atoms with Crippen molar-refractivity contribution in [1.82, 2.24) is 0 Å². The van der Waals surface area contributed by atoms with Gasteiger partial charge in [0.1, 0.15) is 11.1 Å². The van der Waals surface area contributed by atoms with E-state index in [1.165, 1.54) is 23.1 Å². The topological polar surface area (TPSA) is 85.2 Å². The molecule has 0 bridgehead atoms. The molecule has 4 aromatic rings. The van der Waals surface area contributed by atoms with Crippen molar-refractivity contribution in [2.75, 3.05) is 15.5 Å². The van der Waals surface area contributed by atoms with Crippen LogP contribution in [0.2, 0.25) is 0 Å². The molecule has 1 aliphatic carbocycles. The summed E-state index contributed by atoms with van der Waals surface area (Å²) in [5.74, 6) is -0.196. The van der Waals surface area contributed by atoms with Gasteiger partial charge in [-0.05, 0) is 42.8 Å². The fourth-order valence-electron chi connectivity index (χ4n) is 4.92. The van der Waals surface area contributed by atoms with Gasteiger partial charge in [-0.15, -0.1) is 34.9 Å². The van der Waals surface area contributed by atoms with Gasteiger partial charge in [-0.2, -0.15) is 5.26 Å². The number of fused-ring (bicyclic) bond motifs is 2. The van der Waals surface area contributed by atoms with Crippen LogP contribution in [0.3, 0.4) is 0 Å². The van der Waals surface area contributed by atoms with Gasteiger partial charge in [0, 0.05) is 26.4 Å². The number of amides is 3. The van der Waals surface area contributed by atoms with Gasteiger partial charge >= 0.3 is 6.03 Å². The molecule has 3 aromatic carbocycles. The van der Waals surface area contributed by atoms with E-state index in [0.29, 0.717) is 16.3 Å². The average molecular weight is 607 g/mol. The van der Waals surface area contributed by atoms with E-state index in [9.17, 15) is 14.9 Å². The van der Waals surface area contributed by atoms with Gasteiger partial charge in [-0.3, -0.25) is 9.69 Å². The first-order valence-corrected chi connectivity index (χ1v) is 16.0. The van der Waals surface area contributed by atoms with Crippen LogP contribution in [0.15, 0.2) is 118 Å². The second-order valence-electron chi connectivity index (χ2n) is 9.72. The smallest absolute Gasteiger partial charge is 0.316 e. The molecule has 0 saturated carbocycles. The van der Waals surface area contributed by atoms with Crippen molar-refractivity contribution in [2.24, 2.45) is 0 Å². The number of rotatable bonds is 6. The summed E-state index contributed by atoms with van der Waals surface area (Å²) in [5.41, 5.74) is 3.74. The maximum Gasteiger partial charge on any atom is 0.326 e. The maximum absolute atomic E-state index is 13.6. The van der Waals surface area contributed by atoms with Gasteiger partial charge in [-0.1, -0.05) is 72.8 Å². The van der Waals surface area contributed by atoms with Gasteiger partial charge in [-0.25, -0.2) is 4.79 Å². The van der Waals surface area contributed by atoms with Crippen molar-refractivity contribution in [3.63, 3.8) is 0 Å². The normalized spacial score (nSPS) is 17.5. The Morgan fingerprint density at radius 1 is 0.976 bits per heavy atom. The van der Waals surface area contributed by atoms with Crippen LogP contribution in [0.5, 0.6) is 0 Å². The van der Waals surface area contributed by atoms with E-state index in [1.54, 1.807) is 11.8 Å². The highest BCUT2D eigenvalue weighted by Crippen LogP contribution is 2.44. The molecule has 3 atom stereocenters. The lowest BCUT2D eigenvalue weighted by molar-refractivity contribution is -0.115. The van der Waals surface area contributed by atoms with Crippen LogP contribution in [0, 0.1) is 11.3 Å². The number of nitrogens with zero attached hydrogens (tertiary/aromatic N) is 2. The third-order valence-electron chi connectivity index (χ3n) is 6.95. The minimum absolute atomic E-state index is 0.0888. The third-order valence-corrected chi connectivity index (χ3v) is 10.2. The van der Waals surface area contributed by atoms with Crippen LogP contribution in [0.4, 0.5) is 21.2 Å². The number of benzene rings is 3. The molecule has 2 N–H and O–H groups in total. The molecule has 208 valence electrons. The fourth-order valence-corrected chi connectivity index (χ4v) is 8.03. The number of hydrogen-bond acceptors (Lipinski definition) is 6. The SMILES string of the molecule is CC(Sc1cccc(NC(=O)N2c3ccccc3SC3C=CC=CC32)c1)C(=O)Nc1scc(-c2ccccc2)c1C#N. The monoisotopic (exact) mass is 606 g/mol. The quantitative estimate of drug-likeness (QED) is 0.215. The van der Waals surface area contributed by atoms with Crippen molar-refractivity contribution in [1.29, 1.82) is 5.26 Å². The van der Waals surface area contributed by atoms with Crippen LogP contribution >= 0.6 is 34.9 Å². The number of nitrogens with one attached hydrogen (secondary N) is 2. The number of allylic oxidation sites excluding steroid dienone is 2. The molecule has 1 aromatic heterocycles. The number of thiophene rings is 1. The molecule has 42 heavy (non-hydrogen) atoms. The molecule has 3 unspecified atom stereocenters. The van der Waals surface area contributed by atoms with Crippen LogP contribution in [-0.2, 0) is 4.79 Å². The lowest BCUT2D eigenvalue weighted by Crippen LogP contribution is -2.49. The lowest BCUT2D eigenvalue weighted by atomic mass is 10.1. The number of urea groups is 1. The van der Waals surface area contributed by atoms with E-state index in [4.69, 9.17) is 0 Å². The first-order chi connectivity index (χ1) is 20.5. The number of nitriles is 1. The van der Waals surface area contributed by atoms with E-state index in [-0.39, 0.29) is 23.2 Å². The van der Waals surface area contributed by atoms with E-state index in [0.717, 1.165) is 26.6 Å². The van der Waals surface area contributed by atoms with Crippen LogP contribution < -0.4 is 15.5 Å². The molecule has 0 spiro atoms. The summed E-state index contributed by atoms with van der Waals surface area (Å²) < 4.78 is 0. The highest BCUT2D eigenvalue weighted by atomic mass is 32.2. The van der Waals surface area contributed by atoms with Crippen LogP contribution in [-0.4, -0.2) is 28.5 Å². The van der Waals surface area contributed by atoms with E-state index in [2.05, 4.69) is 28.9 Å². The molecule has 9 heteroatoms. The van der Waals surface area contributed by atoms with Crippen LogP contribution in [0.1, 0.15) is 12.5 Å². The minimum Gasteiger partial charge on any atom is -0.316 e. The third kappa shape index (κ3) is 5.74. The molecule has 6 rings (SSSR count). The molecular formula is C33H26N4O2S3. The van der Waals surface area contributed by atoms with Crippen molar-refractivity contribution in [2.45, 2.75) is 33.3 Å². The summed E-state index contributed by atoms with van der Waals surface area (Å²) in [6, 6.07) is 27.1. The zero-order valence-corrected chi connectivity index (χ0v) is 25.0. The Bertz CT molecular complexity index is 1740. The summed E-state index contributed by atoms with van der Waals surface area (Å²) in [5, 5.41) is 18.0. The number of carbonyl (C=O) groups excluding carboxylic acids is 2. The zero-order chi connectivity index (χ0) is 29.1. The fraction of sp³-hybridized carbons (Fsp3) is 0.121. The Morgan fingerprint density at radius 2 is 1.76 bits per heavy atom. The first-order valence-electron chi connectivity index (χ1n) is 13.4. The van der Waals surface area contributed by atoms with Gasteiger partial charge in [0.2, 0.25) is 5.91 Å². The molecule has 3 amide bonds. The molecule has 1 aliphatic heterocycles. The molecule has 0 radical (unpaired) electrons. The minimum atomic E-state index is -0.435. The molecule has 6 nitrogen and oxygen atoms in total. The Kier molecular flexibility index (Phi) is 8.20. The second kappa shape index (κ2) is 12.3. The predicted molar refractivity (Wildman–Crippen MR) is 175 cm³/mol. The second-order valence-corrected chi connectivity index (χ2v) is 13.2. The average Bonchev–Trinajstić information content (AvgIpc) is 3.42. The zero-order valence-electron chi connectivity index (χ0n) is 22.6. The maximum atomic E-state index is 13.6. The molecular weight excluding hydrogens is 581 g/mol. The molecule has 0 fully saturated rings. The van der Waals surface area contributed by atoms with Gasteiger partial charge in [0.15, 0.2) is 0 Å². The van der Waals surface area contributed by atoms with Gasteiger partial charge in [0.25, 0.3) is 0 Å².